The molecule has 0 saturated heterocycles. The Morgan fingerprint density at radius 3 is 2.71 bits per heavy atom. The molecule has 2 aromatic carbocycles. The molecule has 0 fully saturated rings. The largest absolute Gasteiger partial charge is 0.423 e. The van der Waals surface area contributed by atoms with Crippen LogP contribution in [0.3, 0.4) is 0 Å². The lowest BCUT2D eigenvalue weighted by atomic mass is 10.1. The Kier molecular flexibility index (Phi) is 6.47. The molecule has 2 atom stereocenters. The predicted molar refractivity (Wildman–Crippen MR) is 129 cm³/mol. The number of hydrogen-bond donors (Lipinski definition) is 3. The summed E-state index contributed by atoms with van der Waals surface area (Å²) in [6.45, 7) is 3.32. The smallest absolute Gasteiger partial charge is 0.336 e. The Morgan fingerprint density at radius 2 is 1.94 bits per heavy atom. The summed E-state index contributed by atoms with van der Waals surface area (Å²) in [6.07, 6.45) is 0.786. The van der Waals surface area contributed by atoms with Crippen molar-refractivity contribution in [2.45, 2.75) is 38.8 Å². The van der Waals surface area contributed by atoms with E-state index in [0.29, 0.717) is 29.8 Å². The molecule has 176 valence electrons. The Hall–Kier alpha value is -3.98. The Labute approximate surface area is 195 Å². The highest BCUT2D eigenvalue weighted by Gasteiger charge is 2.39. The number of carbonyl (C=O) groups is 3. The lowest BCUT2D eigenvalue weighted by Gasteiger charge is -2.27. The second-order valence-electron chi connectivity index (χ2n) is 8.30. The van der Waals surface area contributed by atoms with Crippen LogP contribution in [0.25, 0.3) is 11.0 Å². The van der Waals surface area contributed by atoms with Gasteiger partial charge in [-0.1, -0.05) is 25.1 Å². The molecule has 0 radical (unpaired) electrons. The fourth-order valence-electron chi connectivity index (χ4n) is 4.11. The molecular formula is C25H26N4O5. The standard InChI is InChI=1S/C25H26N4O5/c1-3-18(26)25(33)29-19-7-5-4-6-15(19)11-20(29)24(32)27-13-22(30)28-16-8-9-17-14(2)10-23(31)34-21(17)12-16/h4-10,12,18,20H,3,11,13,26H2,1-2H3,(H,27,32)(H,28,30)/t18-,20-/m0/s1. The first kappa shape index (κ1) is 23.2. The van der Waals surface area contributed by atoms with Crippen molar-refractivity contribution in [3.8, 4) is 0 Å². The number of hydrogen-bond acceptors (Lipinski definition) is 6. The van der Waals surface area contributed by atoms with Crippen LogP contribution in [-0.4, -0.2) is 36.3 Å². The number of benzene rings is 2. The highest BCUT2D eigenvalue weighted by Crippen LogP contribution is 2.32. The van der Waals surface area contributed by atoms with Crippen LogP contribution in [-0.2, 0) is 20.8 Å². The first-order chi connectivity index (χ1) is 16.3. The van der Waals surface area contributed by atoms with E-state index in [9.17, 15) is 19.2 Å². The van der Waals surface area contributed by atoms with Gasteiger partial charge in [-0.2, -0.15) is 0 Å². The number of aryl methyl sites for hydroxylation is 1. The molecular weight excluding hydrogens is 436 g/mol. The Balaban J connectivity index is 1.43. The summed E-state index contributed by atoms with van der Waals surface area (Å²) in [7, 11) is 0. The van der Waals surface area contributed by atoms with Crippen LogP contribution in [0.1, 0.15) is 24.5 Å². The number of para-hydroxylation sites is 1. The molecule has 1 aliphatic rings. The maximum Gasteiger partial charge on any atom is 0.336 e. The summed E-state index contributed by atoms with van der Waals surface area (Å²) in [5.41, 5.74) is 8.59. The molecule has 1 aromatic heterocycles. The molecule has 0 bridgehead atoms. The number of amides is 3. The number of nitrogens with zero attached hydrogens (tertiary/aromatic N) is 1. The van der Waals surface area contributed by atoms with Crippen LogP contribution in [0.2, 0.25) is 0 Å². The third-order valence-corrected chi connectivity index (χ3v) is 5.93. The van der Waals surface area contributed by atoms with Gasteiger partial charge in [0.25, 0.3) is 0 Å². The zero-order valence-electron chi connectivity index (χ0n) is 19.0. The number of fused-ring (bicyclic) bond motifs is 2. The second-order valence-corrected chi connectivity index (χ2v) is 8.30. The monoisotopic (exact) mass is 462 g/mol. The Bertz CT molecular complexity index is 1330. The van der Waals surface area contributed by atoms with Gasteiger partial charge in [0, 0.05) is 35.3 Å². The SMILES string of the molecule is CC[C@H](N)C(=O)N1c2ccccc2C[C@H]1C(=O)NCC(=O)Nc1ccc2c(C)cc(=O)oc2c1. The van der Waals surface area contributed by atoms with Crippen molar-refractivity contribution < 1.29 is 18.8 Å². The van der Waals surface area contributed by atoms with Crippen molar-refractivity contribution in [2.24, 2.45) is 5.73 Å². The minimum atomic E-state index is -0.784. The summed E-state index contributed by atoms with van der Waals surface area (Å²) in [4.78, 5) is 51.4. The number of anilines is 2. The van der Waals surface area contributed by atoms with Crippen molar-refractivity contribution in [2.75, 3.05) is 16.8 Å². The normalized spacial score (nSPS) is 15.6. The summed E-state index contributed by atoms with van der Waals surface area (Å²) in [6, 6.07) is 12.2. The van der Waals surface area contributed by atoms with Gasteiger partial charge in [0.05, 0.1) is 12.6 Å². The van der Waals surface area contributed by atoms with Crippen LogP contribution in [0.4, 0.5) is 11.4 Å². The third kappa shape index (κ3) is 4.55. The lowest BCUT2D eigenvalue weighted by molar-refractivity contribution is -0.127. The van der Waals surface area contributed by atoms with E-state index in [1.54, 1.807) is 37.3 Å². The molecule has 3 aromatic rings. The van der Waals surface area contributed by atoms with Gasteiger partial charge < -0.3 is 20.8 Å². The van der Waals surface area contributed by atoms with E-state index in [1.807, 2.05) is 19.1 Å². The lowest BCUT2D eigenvalue weighted by Crippen LogP contribution is -2.53. The summed E-state index contributed by atoms with van der Waals surface area (Å²) >= 11 is 0. The van der Waals surface area contributed by atoms with E-state index in [1.165, 1.54) is 11.0 Å². The zero-order valence-corrected chi connectivity index (χ0v) is 19.0. The highest BCUT2D eigenvalue weighted by atomic mass is 16.4. The fourth-order valence-corrected chi connectivity index (χ4v) is 4.11. The van der Waals surface area contributed by atoms with E-state index in [2.05, 4.69) is 10.6 Å². The molecule has 0 spiro atoms. The fraction of sp³-hybridized carbons (Fsp3) is 0.280. The minimum absolute atomic E-state index is 0.288. The number of nitrogens with two attached hydrogens (primary N) is 1. The summed E-state index contributed by atoms with van der Waals surface area (Å²) in [5, 5.41) is 6.06. The minimum Gasteiger partial charge on any atom is -0.423 e. The Morgan fingerprint density at radius 1 is 1.18 bits per heavy atom. The molecule has 9 nitrogen and oxygen atoms in total. The number of carbonyl (C=O) groups excluding carboxylic acids is 3. The first-order valence-corrected chi connectivity index (χ1v) is 11.1. The van der Waals surface area contributed by atoms with Crippen LogP contribution in [0.15, 0.2) is 57.7 Å². The molecule has 4 N–H and O–H groups in total. The van der Waals surface area contributed by atoms with Gasteiger partial charge in [0.1, 0.15) is 11.6 Å². The molecule has 1 aliphatic heterocycles. The maximum atomic E-state index is 13.0. The highest BCUT2D eigenvalue weighted by molar-refractivity contribution is 6.06. The van der Waals surface area contributed by atoms with Gasteiger partial charge in [-0.15, -0.1) is 0 Å². The average Bonchev–Trinajstić information content (AvgIpc) is 3.20. The van der Waals surface area contributed by atoms with Crippen molar-refractivity contribution in [3.05, 3.63) is 70.1 Å². The van der Waals surface area contributed by atoms with E-state index in [0.717, 1.165) is 16.5 Å². The molecule has 3 amide bonds. The number of rotatable bonds is 6. The zero-order chi connectivity index (χ0) is 24.4. The van der Waals surface area contributed by atoms with Crippen molar-refractivity contribution in [1.29, 1.82) is 0 Å². The summed E-state index contributed by atoms with van der Waals surface area (Å²) < 4.78 is 5.20. The van der Waals surface area contributed by atoms with Crippen molar-refractivity contribution in [1.82, 2.24) is 5.32 Å². The van der Waals surface area contributed by atoms with E-state index < -0.39 is 29.5 Å². The van der Waals surface area contributed by atoms with E-state index in [-0.39, 0.29) is 12.5 Å². The first-order valence-electron chi connectivity index (χ1n) is 11.1. The van der Waals surface area contributed by atoms with Crippen molar-refractivity contribution in [3.63, 3.8) is 0 Å². The van der Waals surface area contributed by atoms with Crippen LogP contribution >= 0.6 is 0 Å². The van der Waals surface area contributed by atoms with Gasteiger partial charge in [0.2, 0.25) is 17.7 Å². The van der Waals surface area contributed by atoms with Crippen LogP contribution in [0.5, 0.6) is 0 Å². The quantitative estimate of drug-likeness (QED) is 0.479. The van der Waals surface area contributed by atoms with Gasteiger partial charge in [0.15, 0.2) is 0 Å². The molecule has 34 heavy (non-hydrogen) atoms. The predicted octanol–water partition coefficient (Wildman–Crippen LogP) is 1.85. The molecule has 0 unspecified atom stereocenters. The van der Waals surface area contributed by atoms with Gasteiger partial charge >= 0.3 is 5.63 Å². The molecule has 0 aliphatic carbocycles. The molecule has 2 heterocycles. The summed E-state index contributed by atoms with van der Waals surface area (Å²) in [5.74, 6) is -1.23. The second kappa shape index (κ2) is 9.48. The molecule has 9 heteroatoms. The van der Waals surface area contributed by atoms with E-state index in [4.69, 9.17) is 10.2 Å². The van der Waals surface area contributed by atoms with Gasteiger partial charge in [-0.25, -0.2) is 4.79 Å². The van der Waals surface area contributed by atoms with Crippen molar-refractivity contribution >= 4 is 40.1 Å². The van der Waals surface area contributed by atoms with E-state index >= 15 is 0 Å². The van der Waals surface area contributed by atoms with Gasteiger partial charge in [-0.05, 0) is 42.7 Å². The van der Waals surface area contributed by atoms with Crippen LogP contribution in [0, 0.1) is 6.92 Å². The average molecular weight is 463 g/mol. The molecule has 4 rings (SSSR count). The third-order valence-electron chi connectivity index (χ3n) is 5.93. The molecule has 0 saturated carbocycles. The van der Waals surface area contributed by atoms with Gasteiger partial charge in [-0.3, -0.25) is 19.3 Å². The number of nitrogens with one attached hydrogen (secondary N) is 2. The van der Waals surface area contributed by atoms with Crippen LogP contribution < -0.4 is 26.9 Å². The topological polar surface area (TPSA) is 135 Å². The maximum absolute atomic E-state index is 13.0.